The molecule has 0 fully saturated rings. The van der Waals surface area contributed by atoms with Gasteiger partial charge in [-0.2, -0.15) is 0 Å². The fourth-order valence-electron chi connectivity index (χ4n) is 3.12. The van der Waals surface area contributed by atoms with Gasteiger partial charge in [-0.3, -0.25) is 0 Å². The second-order valence-corrected chi connectivity index (χ2v) is 7.29. The monoisotopic (exact) mass is 305 g/mol. The standard InChI is InChI=1S/C18H27NO3/c1-12(2)5-6-19-14-11-18(3,4)22-15-10-17-16(9-13(14)15)20-7-8-21-17/h9-10,12,14,19H,5-8,11H2,1-4H3. The zero-order valence-electron chi connectivity index (χ0n) is 14.1. The van der Waals surface area contributed by atoms with Gasteiger partial charge in [-0.15, -0.1) is 0 Å². The van der Waals surface area contributed by atoms with Crippen molar-refractivity contribution in [2.75, 3.05) is 19.8 Å². The molecule has 0 aromatic heterocycles. The summed E-state index contributed by atoms with van der Waals surface area (Å²) in [6, 6.07) is 4.38. The molecule has 0 bridgehead atoms. The molecule has 22 heavy (non-hydrogen) atoms. The van der Waals surface area contributed by atoms with Crippen molar-refractivity contribution in [3.63, 3.8) is 0 Å². The fourth-order valence-corrected chi connectivity index (χ4v) is 3.12. The van der Waals surface area contributed by atoms with Crippen molar-refractivity contribution in [1.29, 1.82) is 0 Å². The fraction of sp³-hybridized carbons (Fsp3) is 0.667. The van der Waals surface area contributed by atoms with Crippen LogP contribution >= 0.6 is 0 Å². The van der Waals surface area contributed by atoms with Crippen LogP contribution in [0.3, 0.4) is 0 Å². The summed E-state index contributed by atoms with van der Waals surface area (Å²) in [6.45, 7) is 11.0. The molecule has 1 atom stereocenters. The first-order chi connectivity index (χ1) is 10.4. The molecule has 4 nitrogen and oxygen atoms in total. The van der Waals surface area contributed by atoms with Gasteiger partial charge in [0.1, 0.15) is 24.6 Å². The Morgan fingerprint density at radius 1 is 1.14 bits per heavy atom. The van der Waals surface area contributed by atoms with E-state index in [9.17, 15) is 0 Å². The van der Waals surface area contributed by atoms with Crippen molar-refractivity contribution in [3.05, 3.63) is 17.7 Å². The summed E-state index contributed by atoms with van der Waals surface area (Å²) >= 11 is 0. The van der Waals surface area contributed by atoms with Crippen LogP contribution in [0.4, 0.5) is 0 Å². The number of hydrogen-bond acceptors (Lipinski definition) is 4. The molecule has 4 heteroatoms. The number of rotatable bonds is 4. The zero-order chi connectivity index (χ0) is 15.7. The van der Waals surface area contributed by atoms with Crippen molar-refractivity contribution in [2.45, 2.75) is 52.2 Å². The maximum Gasteiger partial charge on any atom is 0.165 e. The highest BCUT2D eigenvalue weighted by Gasteiger charge is 2.35. The molecule has 2 aliphatic rings. The van der Waals surface area contributed by atoms with E-state index in [4.69, 9.17) is 14.2 Å². The molecular weight excluding hydrogens is 278 g/mol. The largest absolute Gasteiger partial charge is 0.487 e. The van der Waals surface area contributed by atoms with Crippen LogP contribution in [0.2, 0.25) is 0 Å². The lowest BCUT2D eigenvalue weighted by atomic mass is 9.89. The van der Waals surface area contributed by atoms with E-state index in [-0.39, 0.29) is 5.60 Å². The topological polar surface area (TPSA) is 39.7 Å². The Labute approximate surface area is 133 Å². The van der Waals surface area contributed by atoms with Crippen LogP contribution in [0, 0.1) is 5.92 Å². The highest BCUT2D eigenvalue weighted by atomic mass is 16.6. The van der Waals surface area contributed by atoms with Crippen LogP contribution in [-0.2, 0) is 0 Å². The minimum absolute atomic E-state index is 0.174. The van der Waals surface area contributed by atoms with Gasteiger partial charge in [0.2, 0.25) is 0 Å². The maximum atomic E-state index is 6.17. The molecule has 1 unspecified atom stereocenters. The molecule has 1 N–H and O–H groups in total. The molecule has 122 valence electrons. The van der Waals surface area contributed by atoms with Gasteiger partial charge in [-0.1, -0.05) is 13.8 Å². The third-order valence-electron chi connectivity index (χ3n) is 4.24. The molecule has 2 aliphatic heterocycles. The van der Waals surface area contributed by atoms with Gasteiger partial charge >= 0.3 is 0 Å². The number of hydrogen-bond donors (Lipinski definition) is 1. The summed E-state index contributed by atoms with van der Waals surface area (Å²) in [5.74, 6) is 3.26. The smallest absolute Gasteiger partial charge is 0.165 e. The molecule has 1 aromatic rings. The van der Waals surface area contributed by atoms with E-state index in [1.54, 1.807) is 0 Å². The molecule has 2 heterocycles. The van der Waals surface area contributed by atoms with Gasteiger partial charge in [-0.05, 0) is 38.8 Å². The van der Waals surface area contributed by atoms with Crippen molar-refractivity contribution in [1.82, 2.24) is 5.32 Å². The number of benzene rings is 1. The second-order valence-electron chi connectivity index (χ2n) is 7.29. The van der Waals surface area contributed by atoms with Crippen LogP contribution in [-0.4, -0.2) is 25.4 Å². The van der Waals surface area contributed by atoms with E-state index in [1.165, 1.54) is 12.0 Å². The van der Waals surface area contributed by atoms with E-state index in [0.29, 0.717) is 25.2 Å². The molecule has 0 saturated carbocycles. The SMILES string of the molecule is CC(C)CCNC1CC(C)(C)Oc2cc3c(cc21)OCCO3. The molecule has 0 aliphatic carbocycles. The summed E-state index contributed by atoms with van der Waals surface area (Å²) in [7, 11) is 0. The Balaban J connectivity index is 1.86. The Kier molecular flexibility index (Phi) is 4.22. The van der Waals surface area contributed by atoms with Crippen molar-refractivity contribution in [2.24, 2.45) is 5.92 Å². The van der Waals surface area contributed by atoms with Crippen LogP contribution < -0.4 is 19.5 Å². The number of nitrogens with one attached hydrogen (secondary N) is 1. The summed E-state index contributed by atoms with van der Waals surface area (Å²) < 4.78 is 17.6. The maximum absolute atomic E-state index is 6.17. The molecule has 0 radical (unpaired) electrons. The van der Waals surface area contributed by atoms with Gasteiger partial charge in [0.05, 0.1) is 0 Å². The van der Waals surface area contributed by atoms with E-state index >= 15 is 0 Å². The quantitative estimate of drug-likeness (QED) is 0.921. The molecule has 3 rings (SSSR count). The van der Waals surface area contributed by atoms with E-state index < -0.39 is 0 Å². The lowest BCUT2D eigenvalue weighted by molar-refractivity contribution is 0.0643. The zero-order valence-corrected chi connectivity index (χ0v) is 14.1. The summed E-state index contributed by atoms with van der Waals surface area (Å²) in [5, 5.41) is 3.70. The van der Waals surface area contributed by atoms with Gasteiger partial charge in [0.15, 0.2) is 11.5 Å². The van der Waals surface area contributed by atoms with Crippen LogP contribution in [0.1, 0.15) is 52.1 Å². The Morgan fingerprint density at radius 2 is 1.82 bits per heavy atom. The lowest BCUT2D eigenvalue weighted by Crippen LogP contribution is -2.40. The molecule has 0 amide bonds. The Bertz CT molecular complexity index is 539. The first-order valence-electron chi connectivity index (χ1n) is 8.30. The number of fused-ring (bicyclic) bond motifs is 2. The van der Waals surface area contributed by atoms with Crippen LogP contribution in [0.25, 0.3) is 0 Å². The molecule has 1 aromatic carbocycles. The second kappa shape index (κ2) is 5.99. The van der Waals surface area contributed by atoms with Gasteiger partial charge in [0, 0.05) is 24.1 Å². The van der Waals surface area contributed by atoms with E-state index in [0.717, 1.165) is 30.2 Å². The highest BCUT2D eigenvalue weighted by Crippen LogP contribution is 2.45. The van der Waals surface area contributed by atoms with Crippen LogP contribution in [0.5, 0.6) is 17.2 Å². The Hall–Kier alpha value is -1.42. The molecular formula is C18H27NO3. The lowest BCUT2D eigenvalue weighted by Gasteiger charge is -2.39. The van der Waals surface area contributed by atoms with Gasteiger partial charge < -0.3 is 19.5 Å². The third kappa shape index (κ3) is 3.32. The molecule has 0 saturated heterocycles. The van der Waals surface area contributed by atoms with E-state index in [1.807, 2.05) is 6.07 Å². The minimum Gasteiger partial charge on any atom is -0.487 e. The van der Waals surface area contributed by atoms with Crippen molar-refractivity contribution < 1.29 is 14.2 Å². The third-order valence-corrected chi connectivity index (χ3v) is 4.24. The van der Waals surface area contributed by atoms with Gasteiger partial charge in [-0.25, -0.2) is 0 Å². The Morgan fingerprint density at radius 3 is 2.50 bits per heavy atom. The van der Waals surface area contributed by atoms with Crippen molar-refractivity contribution >= 4 is 0 Å². The van der Waals surface area contributed by atoms with Crippen LogP contribution in [0.15, 0.2) is 12.1 Å². The number of ether oxygens (including phenoxy) is 3. The first kappa shape index (κ1) is 15.5. The summed E-state index contributed by atoms with van der Waals surface area (Å²) in [5.41, 5.74) is 1.01. The summed E-state index contributed by atoms with van der Waals surface area (Å²) in [4.78, 5) is 0. The van der Waals surface area contributed by atoms with E-state index in [2.05, 4.69) is 39.1 Å². The van der Waals surface area contributed by atoms with Gasteiger partial charge in [0.25, 0.3) is 0 Å². The normalized spacial score (nSPS) is 22.1. The highest BCUT2D eigenvalue weighted by molar-refractivity contribution is 5.53. The average molecular weight is 305 g/mol. The summed E-state index contributed by atoms with van der Waals surface area (Å²) in [6.07, 6.45) is 2.13. The first-order valence-corrected chi connectivity index (χ1v) is 8.30. The minimum atomic E-state index is -0.174. The van der Waals surface area contributed by atoms with Crippen molar-refractivity contribution in [3.8, 4) is 17.2 Å². The average Bonchev–Trinajstić information content (AvgIpc) is 2.44. The predicted octanol–water partition coefficient (Wildman–Crippen LogP) is 3.70. The predicted molar refractivity (Wildman–Crippen MR) is 87.0 cm³/mol. The molecule has 0 spiro atoms.